The Morgan fingerprint density at radius 2 is 1.22 bits per heavy atom. The molecule has 0 aliphatic rings. The predicted octanol–water partition coefficient (Wildman–Crippen LogP) is 7.78. The number of rotatable bonds is 10. The van der Waals surface area contributed by atoms with E-state index < -0.39 is 0 Å². The molecule has 1 nitrogen and oxygen atoms in total. The Bertz CT molecular complexity index is 641. The van der Waals surface area contributed by atoms with Crippen molar-refractivity contribution in [1.82, 2.24) is 0 Å². The lowest BCUT2D eigenvalue weighted by Crippen LogP contribution is -2.30. The van der Waals surface area contributed by atoms with Crippen molar-refractivity contribution in [2.24, 2.45) is 0 Å². The van der Waals surface area contributed by atoms with Gasteiger partial charge in [0.05, 0.1) is 12.2 Å². The van der Waals surface area contributed by atoms with Crippen molar-refractivity contribution < 1.29 is 4.74 Å². The van der Waals surface area contributed by atoms with Crippen LogP contribution in [0.2, 0.25) is 0 Å². The first-order valence-electron chi connectivity index (χ1n) is 10.7. The minimum absolute atomic E-state index is 0.179. The highest BCUT2D eigenvalue weighted by Gasteiger charge is 2.32. The average molecular weight is 367 g/mol. The molecule has 0 amide bonds. The molecule has 0 atom stereocenters. The van der Waals surface area contributed by atoms with E-state index in [2.05, 4.69) is 89.2 Å². The summed E-state index contributed by atoms with van der Waals surface area (Å²) in [5.74, 6) is 0. The van der Waals surface area contributed by atoms with E-state index in [1.165, 1.54) is 42.4 Å². The van der Waals surface area contributed by atoms with E-state index in [0.29, 0.717) is 6.61 Å². The molecular formula is C26H38O. The van der Waals surface area contributed by atoms with Crippen LogP contribution in [-0.2, 0) is 22.4 Å². The zero-order valence-corrected chi connectivity index (χ0v) is 18.1. The summed E-state index contributed by atoms with van der Waals surface area (Å²) in [7, 11) is 0. The van der Waals surface area contributed by atoms with Crippen molar-refractivity contribution >= 4 is 0 Å². The highest BCUT2D eigenvalue weighted by Crippen LogP contribution is 2.38. The van der Waals surface area contributed by atoms with E-state index >= 15 is 0 Å². The highest BCUT2D eigenvalue weighted by molar-refractivity contribution is 5.31. The fourth-order valence-electron chi connectivity index (χ4n) is 3.64. The summed E-state index contributed by atoms with van der Waals surface area (Å²) in [5, 5.41) is 0. The maximum absolute atomic E-state index is 6.73. The molecular weight excluding hydrogens is 328 g/mol. The Balaban J connectivity index is 2.32. The molecule has 0 unspecified atom stereocenters. The van der Waals surface area contributed by atoms with Crippen molar-refractivity contribution in [3.8, 4) is 0 Å². The monoisotopic (exact) mass is 366 g/mol. The van der Waals surface area contributed by atoms with Crippen molar-refractivity contribution in [1.29, 1.82) is 0 Å². The third-order valence-corrected chi connectivity index (χ3v) is 5.50. The number of unbranched alkanes of at least 4 members (excludes halogenated alkanes) is 2. The van der Waals surface area contributed by atoms with Crippen molar-refractivity contribution in [2.45, 2.75) is 90.8 Å². The SMILES string of the molecule is CCCCC(CCCC)(OCc1ccccc1)c1ccc(C(C)(C)C)cc1. The van der Waals surface area contributed by atoms with Crippen molar-refractivity contribution in [2.75, 3.05) is 0 Å². The van der Waals surface area contributed by atoms with Gasteiger partial charge in [-0.25, -0.2) is 0 Å². The second-order valence-electron chi connectivity index (χ2n) is 8.80. The van der Waals surface area contributed by atoms with Crippen LogP contribution in [0, 0.1) is 0 Å². The van der Waals surface area contributed by atoms with Gasteiger partial charge in [0.2, 0.25) is 0 Å². The summed E-state index contributed by atoms with van der Waals surface area (Å²) in [6, 6.07) is 19.8. The molecule has 0 radical (unpaired) electrons. The van der Waals surface area contributed by atoms with Gasteiger partial charge in [0, 0.05) is 0 Å². The third-order valence-electron chi connectivity index (χ3n) is 5.50. The minimum Gasteiger partial charge on any atom is -0.366 e. The Morgan fingerprint density at radius 3 is 1.70 bits per heavy atom. The van der Waals surface area contributed by atoms with Gasteiger partial charge >= 0.3 is 0 Å². The predicted molar refractivity (Wildman–Crippen MR) is 117 cm³/mol. The Labute approximate surface area is 167 Å². The minimum atomic E-state index is -0.182. The highest BCUT2D eigenvalue weighted by atomic mass is 16.5. The summed E-state index contributed by atoms with van der Waals surface area (Å²) in [6.45, 7) is 12.0. The van der Waals surface area contributed by atoms with Crippen LogP contribution in [0.5, 0.6) is 0 Å². The van der Waals surface area contributed by atoms with Crippen LogP contribution < -0.4 is 0 Å². The number of benzene rings is 2. The number of hydrogen-bond donors (Lipinski definition) is 0. The van der Waals surface area contributed by atoms with Gasteiger partial charge in [0.1, 0.15) is 0 Å². The molecule has 0 bridgehead atoms. The number of hydrogen-bond acceptors (Lipinski definition) is 1. The van der Waals surface area contributed by atoms with Crippen LogP contribution in [0.4, 0.5) is 0 Å². The van der Waals surface area contributed by atoms with Gasteiger partial charge in [-0.1, -0.05) is 115 Å². The van der Waals surface area contributed by atoms with Gasteiger partial charge in [0.25, 0.3) is 0 Å². The molecule has 0 fully saturated rings. The lowest BCUT2D eigenvalue weighted by atomic mass is 9.81. The zero-order valence-electron chi connectivity index (χ0n) is 18.1. The van der Waals surface area contributed by atoms with Crippen LogP contribution in [0.3, 0.4) is 0 Å². The first-order chi connectivity index (χ1) is 12.9. The first-order valence-corrected chi connectivity index (χ1v) is 10.7. The lowest BCUT2D eigenvalue weighted by Gasteiger charge is -2.35. The molecule has 2 aromatic rings. The van der Waals surface area contributed by atoms with Crippen LogP contribution in [0.25, 0.3) is 0 Å². The molecule has 148 valence electrons. The fourth-order valence-corrected chi connectivity index (χ4v) is 3.64. The summed E-state index contributed by atoms with van der Waals surface area (Å²) in [4.78, 5) is 0. The largest absolute Gasteiger partial charge is 0.366 e. The smallest absolute Gasteiger partial charge is 0.0935 e. The fraction of sp³-hybridized carbons (Fsp3) is 0.538. The number of ether oxygens (including phenoxy) is 1. The molecule has 0 aliphatic carbocycles. The van der Waals surface area contributed by atoms with Gasteiger partial charge in [-0.05, 0) is 34.9 Å². The normalized spacial score (nSPS) is 12.3. The second-order valence-corrected chi connectivity index (χ2v) is 8.80. The molecule has 0 saturated carbocycles. The Hall–Kier alpha value is -1.60. The van der Waals surface area contributed by atoms with Crippen LogP contribution in [0.15, 0.2) is 54.6 Å². The average Bonchev–Trinajstić information content (AvgIpc) is 2.68. The molecule has 0 aromatic heterocycles. The Morgan fingerprint density at radius 1 is 0.704 bits per heavy atom. The maximum atomic E-state index is 6.73. The van der Waals surface area contributed by atoms with Crippen molar-refractivity contribution in [3.63, 3.8) is 0 Å². The summed E-state index contributed by atoms with van der Waals surface area (Å²) in [6.07, 6.45) is 6.96. The molecule has 0 saturated heterocycles. The quantitative estimate of drug-likeness (QED) is 0.417. The van der Waals surface area contributed by atoms with Gasteiger partial charge < -0.3 is 4.74 Å². The molecule has 0 spiro atoms. The molecule has 27 heavy (non-hydrogen) atoms. The summed E-state index contributed by atoms with van der Waals surface area (Å²) < 4.78 is 6.73. The summed E-state index contributed by atoms with van der Waals surface area (Å²) >= 11 is 0. The topological polar surface area (TPSA) is 9.23 Å². The molecule has 2 rings (SSSR count). The standard InChI is InChI=1S/C26H38O/c1-6-8-19-26(20-9-7-2,27-21-22-13-11-10-12-14-22)24-17-15-23(16-18-24)25(3,4)5/h10-18H,6-9,19-21H2,1-5H3. The van der Waals surface area contributed by atoms with E-state index in [1.54, 1.807) is 0 Å². The maximum Gasteiger partial charge on any atom is 0.0935 e. The third kappa shape index (κ3) is 6.21. The second kappa shape index (κ2) is 10.1. The zero-order chi connectivity index (χ0) is 19.8. The van der Waals surface area contributed by atoms with Gasteiger partial charge in [-0.15, -0.1) is 0 Å². The Kier molecular flexibility index (Phi) is 8.10. The van der Waals surface area contributed by atoms with E-state index in [0.717, 1.165) is 12.8 Å². The van der Waals surface area contributed by atoms with E-state index in [-0.39, 0.29) is 11.0 Å². The van der Waals surface area contributed by atoms with E-state index in [1.807, 2.05) is 0 Å². The van der Waals surface area contributed by atoms with Crippen molar-refractivity contribution in [3.05, 3.63) is 71.3 Å². The molecule has 0 heterocycles. The van der Waals surface area contributed by atoms with Gasteiger partial charge in [-0.3, -0.25) is 0 Å². The molecule has 0 N–H and O–H groups in total. The van der Waals surface area contributed by atoms with Gasteiger partial charge in [0.15, 0.2) is 0 Å². The van der Waals surface area contributed by atoms with Crippen LogP contribution in [-0.4, -0.2) is 0 Å². The van der Waals surface area contributed by atoms with E-state index in [4.69, 9.17) is 4.74 Å². The molecule has 2 aromatic carbocycles. The van der Waals surface area contributed by atoms with E-state index in [9.17, 15) is 0 Å². The van der Waals surface area contributed by atoms with Gasteiger partial charge in [-0.2, -0.15) is 0 Å². The summed E-state index contributed by atoms with van der Waals surface area (Å²) in [5.41, 5.74) is 3.97. The first kappa shape index (κ1) is 21.7. The van der Waals surface area contributed by atoms with Crippen LogP contribution >= 0.6 is 0 Å². The molecule has 1 heteroatoms. The lowest BCUT2D eigenvalue weighted by molar-refractivity contribution is -0.0770. The van der Waals surface area contributed by atoms with Crippen LogP contribution in [0.1, 0.15) is 89.8 Å². The molecule has 0 aliphatic heterocycles.